The van der Waals surface area contributed by atoms with Gasteiger partial charge >= 0.3 is 0 Å². The molecule has 2 N–H and O–H groups in total. The highest BCUT2D eigenvalue weighted by atomic mass is 16.5. The van der Waals surface area contributed by atoms with Gasteiger partial charge in [0.15, 0.2) is 0 Å². The lowest BCUT2D eigenvalue weighted by Crippen LogP contribution is -2.39. The zero-order valence-corrected chi connectivity index (χ0v) is 17.5. The molecule has 0 aliphatic carbocycles. The second-order valence-electron chi connectivity index (χ2n) is 7.90. The predicted octanol–water partition coefficient (Wildman–Crippen LogP) is 2.69. The van der Waals surface area contributed by atoms with Gasteiger partial charge in [0.1, 0.15) is 5.75 Å². The van der Waals surface area contributed by atoms with Crippen LogP contribution in [-0.4, -0.2) is 56.0 Å². The number of rotatable bonds is 10. The number of nitrogens with zero attached hydrogens (tertiary/aromatic N) is 1. The molecule has 1 saturated heterocycles. The van der Waals surface area contributed by atoms with Crippen molar-refractivity contribution in [3.05, 3.63) is 29.8 Å². The molecule has 1 aliphatic rings. The number of ether oxygens (including phenoxy) is 1. The third-order valence-corrected chi connectivity index (χ3v) is 5.00. The fourth-order valence-electron chi connectivity index (χ4n) is 3.86. The third-order valence-electron chi connectivity index (χ3n) is 5.00. The average Bonchev–Trinajstić information content (AvgIpc) is 2.66. The van der Waals surface area contributed by atoms with Crippen molar-refractivity contribution in [3.8, 4) is 5.75 Å². The lowest BCUT2D eigenvalue weighted by molar-refractivity contribution is -0.120. The van der Waals surface area contributed by atoms with Crippen molar-refractivity contribution >= 4 is 11.8 Å². The molecule has 2 rings (SSSR count). The molecule has 2 unspecified atom stereocenters. The third kappa shape index (κ3) is 7.89. The van der Waals surface area contributed by atoms with Gasteiger partial charge in [0.2, 0.25) is 5.91 Å². The molecule has 0 spiro atoms. The smallest absolute Gasteiger partial charge is 0.251 e. The van der Waals surface area contributed by atoms with Crippen LogP contribution in [0.25, 0.3) is 0 Å². The van der Waals surface area contributed by atoms with Gasteiger partial charge in [-0.3, -0.25) is 9.59 Å². The van der Waals surface area contributed by atoms with E-state index in [2.05, 4.69) is 29.4 Å². The molecule has 0 radical (unpaired) electrons. The Kier molecular flexibility index (Phi) is 9.28. The SMILES string of the molecule is CCOc1ccc(C(=O)NCC(=O)NCCCCN2CC(C)CC(C)C2)cc1. The maximum atomic E-state index is 12.1. The van der Waals surface area contributed by atoms with Crippen molar-refractivity contribution in [3.63, 3.8) is 0 Å². The minimum absolute atomic E-state index is 0.00675. The van der Waals surface area contributed by atoms with Crippen molar-refractivity contribution in [2.24, 2.45) is 11.8 Å². The van der Waals surface area contributed by atoms with Crippen LogP contribution in [0.1, 0.15) is 50.4 Å². The number of carbonyl (C=O) groups is 2. The lowest BCUT2D eigenvalue weighted by Gasteiger charge is -2.34. The molecule has 1 aromatic carbocycles. The molecular formula is C22H35N3O3. The summed E-state index contributed by atoms with van der Waals surface area (Å²) < 4.78 is 5.35. The van der Waals surface area contributed by atoms with Crippen LogP contribution in [0.2, 0.25) is 0 Å². The quantitative estimate of drug-likeness (QED) is 0.604. The molecule has 6 nitrogen and oxygen atoms in total. The zero-order valence-electron chi connectivity index (χ0n) is 17.5. The molecule has 0 bridgehead atoms. The number of hydrogen-bond donors (Lipinski definition) is 2. The number of hydrogen-bond acceptors (Lipinski definition) is 4. The van der Waals surface area contributed by atoms with Crippen molar-refractivity contribution in [1.82, 2.24) is 15.5 Å². The minimum Gasteiger partial charge on any atom is -0.494 e. The first-order valence-electron chi connectivity index (χ1n) is 10.5. The van der Waals surface area contributed by atoms with Crippen LogP contribution in [0.4, 0.5) is 0 Å². The number of piperidine rings is 1. The van der Waals surface area contributed by atoms with E-state index in [1.54, 1.807) is 24.3 Å². The number of unbranched alkanes of at least 4 members (excludes halogenated alkanes) is 1. The minimum atomic E-state index is -0.258. The van der Waals surface area contributed by atoms with Gasteiger partial charge < -0.3 is 20.3 Å². The first-order chi connectivity index (χ1) is 13.5. The summed E-state index contributed by atoms with van der Waals surface area (Å²) in [7, 11) is 0. The summed E-state index contributed by atoms with van der Waals surface area (Å²) in [5.74, 6) is 1.88. The molecule has 1 aromatic rings. The summed E-state index contributed by atoms with van der Waals surface area (Å²) in [6.45, 7) is 11.3. The first kappa shape index (κ1) is 22.2. The largest absolute Gasteiger partial charge is 0.494 e. The molecule has 1 fully saturated rings. The Morgan fingerprint density at radius 3 is 2.39 bits per heavy atom. The van der Waals surface area contributed by atoms with E-state index in [1.165, 1.54) is 19.5 Å². The topological polar surface area (TPSA) is 70.7 Å². The normalized spacial score (nSPS) is 19.8. The molecule has 0 saturated carbocycles. The van der Waals surface area contributed by atoms with Crippen LogP contribution in [0.15, 0.2) is 24.3 Å². The Labute approximate surface area is 169 Å². The van der Waals surface area contributed by atoms with Gasteiger partial charge in [-0.25, -0.2) is 0 Å². The lowest BCUT2D eigenvalue weighted by atomic mass is 9.92. The molecule has 156 valence electrons. The standard InChI is InChI=1S/C22H35N3O3/c1-4-28-20-9-7-19(8-10-20)22(27)24-14-21(26)23-11-5-6-12-25-15-17(2)13-18(3)16-25/h7-10,17-18H,4-6,11-16H2,1-3H3,(H,23,26)(H,24,27). The molecule has 2 amide bonds. The molecule has 28 heavy (non-hydrogen) atoms. The van der Waals surface area contributed by atoms with Crippen molar-refractivity contribution in [2.45, 2.75) is 40.0 Å². The highest BCUT2D eigenvalue weighted by Crippen LogP contribution is 2.20. The first-order valence-corrected chi connectivity index (χ1v) is 10.5. The number of benzene rings is 1. The van der Waals surface area contributed by atoms with E-state index in [1.807, 2.05) is 6.92 Å². The molecule has 1 heterocycles. The Bertz CT molecular complexity index is 608. The summed E-state index contributed by atoms with van der Waals surface area (Å²) in [5.41, 5.74) is 0.515. The van der Waals surface area contributed by atoms with Crippen LogP contribution in [0, 0.1) is 11.8 Å². The average molecular weight is 390 g/mol. The van der Waals surface area contributed by atoms with E-state index >= 15 is 0 Å². The molecular weight excluding hydrogens is 354 g/mol. The second kappa shape index (κ2) is 11.7. The number of amides is 2. The Morgan fingerprint density at radius 2 is 1.75 bits per heavy atom. The van der Waals surface area contributed by atoms with Crippen molar-refractivity contribution < 1.29 is 14.3 Å². The maximum absolute atomic E-state index is 12.1. The van der Waals surface area contributed by atoms with E-state index in [4.69, 9.17) is 4.74 Å². The van der Waals surface area contributed by atoms with Crippen LogP contribution in [0.5, 0.6) is 5.75 Å². The zero-order chi connectivity index (χ0) is 20.4. The number of likely N-dealkylation sites (tertiary alicyclic amines) is 1. The van der Waals surface area contributed by atoms with E-state index in [-0.39, 0.29) is 18.4 Å². The van der Waals surface area contributed by atoms with Gasteiger partial charge in [0, 0.05) is 25.2 Å². The van der Waals surface area contributed by atoms with E-state index in [9.17, 15) is 9.59 Å². The van der Waals surface area contributed by atoms with E-state index in [0.717, 1.165) is 37.0 Å². The summed E-state index contributed by atoms with van der Waals surface area (Å²) in [4.78, 5) is 26.5. The van der Waals surface area contributed by atoms with Crippen LogP contribution in [-0.2, 0) is 4.79 Å². The van der Waals surface area contributed by atoms with Gasteiger partial charge in [-0.15, -0.1) is 0 Å². The fraction of sp³-hybridized carbons (Fsp3) is 0.636. The Hall–Kier alpha value is -2.08. The monoisotopic (exact) mass is 389 g/mol. The maximum Gasteiger partial charge on any atom is 0.251 e. The van der Waals surface area contributed by atoms with E-state index < -0.39 is 0 Å². The summed E-state index contributed by atoms with van der Waals surface area (Å²) in [6.07, 6.45) is 3.37. The summed E-state index contributed by atoms with van der Waals surface area (Å²) >= 11 is 0. The van der Waals surface area contributed by atoms with Crippen molar-refractivity contribution in [2.75, 3.05) is 39.3 Å². The van der Waals surface area contributed by atoms with Gasteiger partial charge in [-0.2, -0.15) is 0 Å². The molecule has 6 heteroatoms. The van der Waals surface area contributed by atoms with Gasteiger partial charge in [-0.1, -0.05) is 13.8 Å². The van der Waals surface area contributed by atoms with Gasteiger partial charge in [0.25, 0.3) is 5.91 Å². The van der Waals surface area contributed by atoms with Gasteiger partial charge in [0.05, 0.1) is 13.2 Å². The van der Waals surface area contributed by atoms with Gasteiger partial charge in [-0.05, 0) is 68.8 Å². The van der Waals surface area contributed by atoms with Crippen LogP contribution < -0.4 is 15.4 Å². The Balaban J connectivity index is 1.56. The van der Waals surface area contributed by atoms with E-state index in [0.29, 0.717) is 18.7 Å². The highest BCUT2D eigenvalue weighted by Gasteiger charge is 2.20. The number of nitrogens with one attached hydrogen (secondary N) is 2. The van der Waals surface area contributed by atoms with Crippen molar-refractivity contribution in [1.29, 1.82) is 0 Å². The van der Waals surface area contributed by atoms with Crippen LogP contribution >= 0.6 is 0 Å². The molecule has 0 aromatic heterocycles. The molecule has 2 atom stereocenters. The Morgan fingerprint density at radius 1 is 1.07 bits per heavy atom. The number of carbonyl (C=O) groups excluding carboxylic acids is 2. The highest BCUT2D eigenvalue weighted by molar-refractivity contribution is 5.96. The summed E-state index contributed by atoms with van der Waals surface area (Å²) in [5, 5.41) is 5.53. The second-order valence-corrected chi connectivity index (χ2v) is 7.90. The van der Waals surface area contributed by atoms with Crippen LogP contribution in [0.3, 0.4) is 0 Å². The predicted molar refractivity (Wildman–Crippen MR) is 112 cm³/mol. The molecule has 1 aliphatic heterocycles. The summed E-state index contributed by atoms with van der Waals surface area (Å²) in [6, 6.07) is 6.89. The fourth-order valence-corrected chi connectivity index (χ4v) is 3.86.